The van der Waals surface area contributed by atoms with Crippen molar-refractivity contribution in [3.05, 3.63) is 48.5 Å². The maximum Gasteiger partial charge on any atom is 0.171 e. The Kier molecular flexibility index (Phi) is 7.53. The van der Waals surface area contributed by atoms with Crippen molar-refractivity contribution in [3.63, 3.8) is 0 Å². The molecule has 5 nitrogen and oxygen atoms in total. The Morgan fingerprint density at radius 3 is 2.46 bits per heavy atom. The van der Waals surface area contributed by atoms with Crippen LogP contribution in [0, 0.1) is 0 Å². The van der Waals surface area contributed by atoms with E-state index in [0.717, 1.165) is 11.4 Å². The number of thiocarbonyl (C=S) groups is 1. The SMILES string of the molecule is COc1ccccc1OCC(C)NC(=S)Nc1cccc(OC(C)C)c1. The molecule has 0 bridgehead atoms. The zero-order valence-corrected chi connectivity index (χ0v) is 16.4. The van der Waals surface area contributed by atoms with Gasteiger partial charge in [0.1, 0.15) is 12.4 Å². The van der Waals surface area contributed by atoms with Crippen LogP contribution in [0.5, 0.6) is 17.2 Å². The minimum absolute atomic E-state index is 0.0232. The lowest BCUT2D eigenvalue weighted by molar-refractivity contribution is 0.242. The molecule has 2 rings (SSSR count). The van der Waals surface area contributed by atoms with Gasteiger partial charge in [-0.15, -0.1) is 0 Å². The summed E-state index contributed by atoms with van der Waals surface area (Å²) in [5.41, 5.74) is 0.874. The monoisotopic (exact) mass is 374 g/mol. The lowest BCUT2D eigenvalue weighted by Gasteiger charge is -2.19. The fourth-order valence-corrected chi connectivity index (χ4v) is 2.62. The standard InChI is InChI=1S/C20H26N2O3S/c1-14(2)25-17-9-7-8-16(12-17)22-20(26)21-15(3)13-24-19-11-6-5-10-18(19)23-4/h5-12,14-15H,13H2,1-4H3,(H2,21,22,26). The maximum absolute atomic E-state index is 5.81. The first-order chi connectivity index (χ1) is 12.5. The van der Waals surface area contributed by atoms with E-state index < -0.39 is 0 Å². The summed E-state index contributed by atoms with van der Waals surface area (Å²) in [5.74, 6) is 2.23. The van der Waals surface area contributed by atoms with Crippen LogP contribution in [0.4, 0.5) is 5.69 Å². The predicted molar refractivity (Wildman–Crippen MR) is 110 cm³/mol. The van der Waals surface area contributed by atoms with E-state index >= 15 is 0 Å². The molecular formula is C20H26N2O3S. The fourth-order valence-electron chi connectivity index (χ4n) is 2.30. The Hall–Kier alpha value is -2.47. The second kappa shape index (κ2) is 9.87. The molecule has 0 heterocycles. The van der Waals surface area contributed by atoms with Gasteiger partial charge in [0.25, 0.3) is 0 Å². The summed E-state index contributed by atoms with van der Waals surface area (Å²) < 4.78 is 16.8. The van der Waals surface area contributed by atoms with Gasteiger partial charge < -0.3 is 24.8 Å². The van der Waals surface area contributed by atoms with Crippen LogP contribution in [0.2, 0.25) is 0 Å². The summed E-state index contributed by atoms with van der Waals surface area (Å²) in [6, 6.07) is 15.3. The topological polar surface area (TPSA) is 51.8 Å². The Labute approximate surface area is 160 Å². The molecule has 6 heteroatoms. The average molecular weight is 375 g/mol. The highest BCUT2D eigenvalue weighted by atomic mass is 32.1. The Balaban J connectivity index is 1.83. The highest BCUT2D eigenvalue weighted by Crippen LogP contribution is 2.25. The number of rotatable bonds is 8. The second-order valence-electron chi connectivity index (χ2n) is 6.16. The first kappa shape index (κ1) is 19.8. The van der Waals surface area contributed by atoms with Gasteiger partial charge in [0.05, 0.1) is 19.3 Å². The molecule has 0 aliphatic rings. The van der Waals surface area contributed by atoms with Crippen molar-refractivity contribution >= 4 is 23.0 Å². The lowest BCUT2D eigenvalue weighted by Crippen LogP contribution is -2.39. The van der Waals surface area contributed by atoms with Gasteiger partial charge in [0.15, 0.2) is 16.6 Å². The summed E-state index contributed by atoms with van der Waals surface area (Å²) in [6.07, 6.45) is 0.127. The number of hydrogen-bond acceptors (Lipinski definition) is 4. The highest BCUT2D eigenvalue weighted by molar-refractivity contribution is 7.80. The van der Waals surface area contributed by atoms with Gasteiger partial charge in [-0.2, -0.15) is 0 Å². The third-order valence-electron chi connectivity index (χ3n) is 3.40. The zero-order chi connectivity index (χ0) is 18.9. The Morgan fingerprint density at radius 1 is 1.04 bits per heavy atom. The van der Waals surface area contributed by atoms with Crippen molar-refractivity contribution in [2.45, 2.75) is 32.9 Å². The van der Waals surface area contributed by atoms with Crippen LogP contribution >= 0.6 is 12.2 Å². The van der Waals surface area contributed by atoms with E-state index in [-0.39, 0.29) is 12.1 Å². The molecule has 1 atom stereocenters. The van der Waals surface area contributed by atoms with E-state index in [9.17, 15) is 0 Å². The number of hydrogen-bond donors (Lipinski definition) is 2. The van der Waals surface area contributed by atoms with Crippen molar-refractivity contribution < 1.29 is 14.2 Å². The molecule has 2 N–H and O–H groups in total. The van der Waals surface area contributed by atoms with E-state index in [2.05, 4.69) is 10.6 Å². The number of para-hydroxylation sites is 2. The molecule has 0 aliphatic carbocycles. The van der Waals surface area contributed by atoms with Crippen LogP contribution in [0.15, 0.2) is 48.5 Å². The smallest absolute Gasteiger partial charge is 0.171 e. The molecule has 0 saturated carbocycles. The molecule has 0 aliphatic heterocycles. The summed E-state index contributed by atoms with van der Waals surface area (Å²) in [6.45, 7) is 6.45. The average Bonchev–Trinajstić information content (AvgIpc) is 2.59. The van der Waals surface area contributed by atoms with Crippen molar-refractivity contribution in [1.29, 1.82) is 0 Å². The number of methoxy groups -OCH3 is 1. The number of ether oxygens (including phenoxy) is 3. The van der Waals surface area contributed by atoms with Crippen LogP contribution in [0.1, 0.15) is 20.8 Å². The van der Waals surface area contributed by atoms with Crippen LogP contribution in [-0.2, 0) is 0 Å². The molecule has 26 heavy (non-hydrogen) atoms. The first-order valence-corrected chi connectivity index (χ1v) is 8.99. The van der Waals surface area contributed by atoms with E-state index in [1.165, 1.54) is 0 Å². The quantitative estimate of drug-likeness (QED) is 0.674. The highest BCUT2D eigenvalue weighted by Gasteiger charge is 2.09. The molecule has 0 fully saturated rings. The van der Waals surface area contributed by atoms with Crippen molar-refractivity contribution in [1.82, 2.24) is 5.32 Å². The molecule has 0 radical (unpaired) electrons. The molecule has 140 valence electrons. The fraction of sp³-hybridized carbons (Fsp3) is 0.350. The molecule has 0 amide bonds. The van der Waals surface area contributed by atoms with Gasteiger partial charge in [0.2, 0.25) is 0 Å². The molecule has 2 aromatic rings. The van der Waals surface area contributed by atoms with Crippen molar-refractivity contribution in [3.8, 4) is 17.2 Å². The Morgan fingerprint density at radius 2 is 1.77 bits per heavy atom. The van der Waals surface area contributed by atoms with Gasteiger partial charge in [-0.1, -0.05) is 18.2 Å². The normalized spacial score (nSPS) is 11.6. The first-order valence-electron chi connectivity index (χ1n) is 8.58. The van der Waals surface area contributed by atoms with Crippen LogP contribution in [0.25, 0.3) is 0 Å². The van der Waals surface area contributed by atoms with Gasteiger partial charge in [-0.25, -0.2) is 0 Å². The van der Waals surface area contributed by atoms with Crippen LogP contribution in [0.3, 0.4) is 0 Å². The lowest BCUT2D eigenvalue weighted by atomic mass is 10.3. The van der Waals surface area contributed by atoms with E-state index in [1.807, 2.05) is 69.3 Å². The molecule has 1 unspecified atom stereocenters. The zero-order valence-electron chi connectivity index (χ0n) is 15.6. The molecule has 2 aromatic carbocycles. The molecule has 0 saturated heterocycles. The van der Waals surface area contributed by atoms with E-state index in [4.69, 9.17) is 26.4 Å². The molecule has 0 aromatic heterocycles. The predicted octanol–water partition coefficient (Wildman–Crippen LogP) is 4.24. The maximum atomic E-state index is 5.81. The van der Waals surface area contributed by atoms with E-state index in [1.54, 1.807) is 7.11 Å². The summed E-state index contributed by atoms with van der Waals surface area (Å²) >= 11 is 5.38. The Bertz CT molecular complexity index is 722. The van der Waals surface area contributed by atoms with Crippen molar-refractivity contribution in [2.75, 3.05) is 19.0 Å². The molecular weight excluding hydrogens is 348 g/mol. The third kappa shape index (κ3) is 6.44. The number of anilines is 1. The summed E-state index contributed by atoms with van der Waals surface area (Å²) in [4.78, 5) is 0. The van der Waals surface area contributed by atoms with Crippen LogP contribution < -0.4 is 24.8 Å². The largest absolute Gasteiger partial charge is 0.493 e. The van der Waals surface area contributed by atoms with Gasteiger partial charge >= 0.3 is 0 Å². The van der Waals surface area contributed by atoms with E-state index in [0.29, 0.717) is 23.2 Å². The summed E-state index contributed by atoms with van der Waals surface area (Å²) in [5, 5.41) is 6.91. The number of nitrogens with one attached hydrogen (secondary N) is 2. The van der Waals surface area contributed by atoms with Gasteiger partial charge in [-0.05, 0) is 57.3 Å². The summed E-state index contributed by atoms with van der Waals surface area (Å²) in [7, 11) is 1.63. The van der Waals surface area contributed by atoms with Gasteiger partial charge in [-0.3, -0.25) is 0 Å². The second-order valence-corrected chi connectivity index (χ2v) is 6.56. The van der Waals surface area contributed by atoms with Crippen LogP contribution in [-0.4, -0.2) is 31.0 Å². The van der Waals surface area contributed by atoms with Crippen molar-refractivity contribution in [2.24, 2.45) is 0 Å². The minimum atomic E-state index is 0.0232. The third-order valence-corrected chi connectivity index (χ3v) is 3.62. The van der Waals surface area contributed by atoms with Gasteiger partial charge in [0, 0.05) is 11.8 Å². The number of benzene rings is 2. The minimum Gasteiger partial charge on any atom is -0.493 e. The molecule has 0 spiro atoms.